The fourth-order valence-electron chi connectivity index (χ4n) is 8.38. The molecule has 15 heteroatoms. The highest BCUT2D eigenvalue weighted by Gasteiger charge is 2.36. The molecule has 4 aliphatic rings. The summed E-state index contributed by atoms with van der Waals surface area (Å²) in [7, 11) is 1.91. The Morgan fingerprint density at radius 3 is 2.55 bits per heavy atom. The van der Waals surface area contributed by atoms with Gasteiger partial charge in [0.05, 0.1) is 31.6 Å². The smallest absolute Gasteiger partial charge is 0.251 e. The Hall–Kier alpha value is -4.34. The van der Waals surface area contributed by atoms with E-state index in [0.29, 0.717) is 96.3 Å². The van der Waals surface area contributed by atoms with Crippen molar-refractivity contribution in [3.05, 3.63) is 46.6 Å². The molecular weight excluding hydrogens is 761 g/mol. The van der Waals surface area contributed by atoms with Crippen LogP contribution in [0.5, 0.6) is 0 Å². The summed E-state index contributed by atoms with van der Waals surface area (Å²) in [5, 5.41) is 10.6. The van der Waals surface area contributed by atoms with Crippen molar-refractivity contribution >= 4 is 35.7 Å². The van der Waals surface area contributed by atoms with Crippen molar-refractivity contribution in [2.75, 3.05) is 72.6 Å². The van der Waals surface area contributed by atoms with E-state index >= 15 is 0 Å². The van der Waals surface area contributed by atoms with E-state index in [1.54, 1.807) is 6.92 Å². The Bertz CT molecular complexity index is 1650. The molecule has 334 valence electrons. The van der Waals surface area contributed by atoms with Crippen molar-refractivity contribution in [2.45, 2.75) is 123 Å². The van der Waals surface area contributed by atoms with Gasteiger partial charge < -0.3 is 46.4 Å². The third kappa shape index (κ3) is 14.7. The topological polar surface area (TPSA) is 191 Å². The monoisotopic (exact) mass is 835 g/mol. The number of nitrogens with two attached hydrogens (primary N) is 2. The number of aliphatic imine (C=N–C) groups is 1. The molecule has 2 aliphatic carbocycles. The standard InChI is InChI=1S/C45H74N10O5/c1-7-10-37-28-55(39(16-13-33(4)56)25-32(3)8-2)45(59)41(37)29-53-21-23-54(24-22-53)43(57)30-60-40-17-14-35(15-18-40)34(5)50-44(58)36-11-9-12-38(26-36)49-27-42(51-47)52(6)20-19-48-31-46/h11,14-15,17,31-32,34,38-40,49H,7-10,12-13,16,18-30,47H2,1-6H3,(H2,46,48)(H,50,58)/b51-42-/t32?,34-,38?,39?,40?/m1/s1. The molecule has 0 aromatic rings. The number of ketones is 1. The van der Waals surface area contributed by atoms with Crippen LogP contribution in [0.1, 0.15) is 98.8 Å². The molecule has 6 N–H and O–H groups in total. The zero-order valence-corrected chi connectivity index (χ0v) is 37.3. The lowest BCUT2D eigenvalue weighted by atomic mass is 9.93. The van der Waals surface area contributed by atoms with Gasteiger partial charge in [-0.2, -0.15) is 5.10 Å². The highest BCUT2D eigenvalue weighted by molar-refractivity contribution is 5.98. The molecule has 0 aromatic carbocycles. The van der Waals surface area contributed by atoms with Crippen LogP contribution >= 0.6 is 0 Å². The SMILES string of the molecule is CCCC1=C(CN2CCN(C(=O)COC3C=CC([C@@H](C)NC(=O)C4=CCCC(NC/C(=N/N)N(C)CCN=CN)C4)=CC3)CC2)C(=O)N(C(CCC(C)=O)CC(C)CC)C1. The second-order valence-corrected chi connectivity index (χ2v) is 17.0. The lowest BCUT2D eigenvalue weighted by Gasteiger charge is -2.35. The first-order valence-corrected chi connectivity index (χ1v) is 22.3. The molecular formula is C45H74N10O5. The summed E-state index contributed by atoms with van der Waals surface area (Å²) in [4.78, 5) is 64.5. The highest BCUT2D eigenvalue weighted by atomic mass is 16.5. The number of Topliss-reactive ketones (excluding diaryl/α,β-unsaturated/α-hetero) is 1. The number of allylic oxidation sites excluding steroid dienone is 1. The van der Waals surface area contributed by atoms with Gasteiger partial charge in [-0.25, -0.2) is 0 Å². The predicted molar refractivity (Wildman–Crippen MR) is 239 cm³/mol. The third-order valence-corrected chi connectivity index (χ3v) is 12.4. The van der Waals surface area contributed by atoms with Crippen molar-refractivity contribution in [3.63, 3.8) is 0 Å². The Labute approximate surface area is 358 Å². The van der Waals surface area contributed by atoms with E-state index in [2.05, 4.69) is 52.5 Å². The number of carbonyl (C=O) groups is 4. The minimum atomic E-state index is -0.219. The number of piperazine rings is 1. The number of nitrogens with zero attached hydrogens (tertiary/aromatic N) is 6. The van der Waals surface area contributed by atoms with Crippen molar-refractivity contribution in [1.29, 1.82) is 0 Å². The van der Waals surface area contributed by atoms with Crippen LogP contribution in [0.3, 0.4) is 0 Å². The number of ether oxygens (including phenoxy) is 1. The van der Waals surface area contributed by atoms with Crippen LogP contribution in [0, 0.1) is 5.92 Å². The van der Waals surface area contributed by atoms with E-state index in [4.69, 9.17) is 16.3 Å². The number of hydrogen-bond acceptors (Lipinski definition) is 10. The van der Waals surface area contributed by atoms with Crippen LogP contribution in [0.4, 0.5) is 0 Å². The van der Waals surface area contributed by atoms with Crippen molar-refractivity contribution < 1.29 is 23.9 Å². The minimum absolute atomic E-state index is 0.00264. The van der Waals surface area contributed by atoms with Gasteiger partial charge >= 0.3 is 0 Å². The molecule has 2 heterocycles. The zero-order valence-electron chi connectivity index (χ0n) is 37.3. The van der Waals surface area contributed by atoms with E-state index in [-0.39, 0.29) is 54.3 Å². The second kappa shape index (κ2) is 24.8. The predicted octanol–water partition coefficient (Wildman–Crippen LogP) is 3.28. The van der Waals surface area contributed by atoms with E-state index in [1.807, 2.05) is 46.9 Å². The lowest BCUT2D eigenvalue weighted by Crippen LogP contribution is -2.50. The average Bonchev–Trinajstić information content (AvgIpc) is 3.55. The van der Waals surface area contributed by atoms with Crippen molar-refractivity contribution in [2.24, 2.45) is 27.6 Å². The molecule has 2 aliphatic heterocycles. The summed E-state index contributed by atoms with van der Waals surface area (Å²) in [6.45, 7) is 15.7. The molecule has 0 bridgehead atoms. The Morgan fingerprint density at radius 2 is 1.90 bits per heavy atom. The minimum Gasteiger partial charge on any atom is -0.390 e. The Balaban J connectivity index is 1.18. The molecule has 0 radical (unpaired) electrons. The quantitative estimate of drug-likeness (QED) is 0.0515. The molecule has 4 rings (SSSR count). The van der Waals surface area contributed by atoms with E-state index in [1.165, 1.54) is 11.9 Å². The number of hydrazone groups is 1. The molecule has 1 fully saturated rings. The largest absolute Gasteiger partial charge is 0.390 e. The number of rotatable bonds is 23. The van der Waals surface area contributed by atoms with Gasteiger partial charge in [0.15, 0.2) is 0 Å². The maximum atomic E-state index is 13.9. The number of amidine groups is 1. The normalized spacial score (nSPS) is 21.9. The molecule has 4 unspecified atom stereocenters. The molecule has 15 nitrogen and oxygen atoms in total. The summed E-state index contributed by atoms with van der Waals surface area (Å²) in [6.07, 6.45) is 17.1. The van der Waals surface area contributed by atoms with Gasteiger partial charge in [-0.3, -0.25) is 24.3 Å². The first-order chi connectivity index (χ1) is 28.9. The number of nitrogens with one attached hydrogen (secondary N) is 2. The van der Waals surface area contributed by atoms with Crippen LogP contribution in [0.15, 0.2) is 56.7 Å². The molecule has 0 saturated carbocycles. The third-order valence-electron chi connectivity index (χ3n) is 12.4. The molecule has 5 atom stereocenters. The van der Waals surface area contributed by atoms with Gasteiger partial charge in [0.1, 0.15) is 18.2 Å². The van der Waals surface area contributed by atoms with Gasteiger partial charge in [0.25, 0.3) is 5.91 Å². The summed E-state index contributed by atoms with van der Waals surface area (Å²) in [5.41, 5.74) is 9.25. The summed E-state index contributed by atoms with van der Waals surface area (Å²) in [5.74, 6) is 7.03. The molecule has 0 spiro atoms. The van der Waals surface area contributed by atoms with E-state index < -0.39 is 0 Å². The Kier molecular flexibility index (Phi) is 20.0. The number of amides is 3. The van der Waals surface area contributed by atoms with Crippen LogP contribution in [-0.4, -0.2) is 152 Å². The summed E-state index contributed by atoms with van der Waals surface area (Å²) >= 11 is 0. The summed E-state index contributed by atoms with van der Waals surface area (Å²) < 4.78 is 6.05. The maximum absolute atomic E-state index is 13.9. The highest BCUT2D eigenvalue weighted by Crippen LogP contribution is 2.30. The number of carbonyl (C=O) groups excluding carboxylic acids is 4. The maximum Gasteiger partial charge on any atom is 0.251 e. The van der Waals surface area contributed by atoms with Gasteiger partial charge in [-0.1, -0.05) is 57.9 Å². The molecule has 3 amide bonds. The van der Waals surface area contributed by atoms with E-state index in [0.717, 1.165) is 55.2 Å². The van der Waals surface area contributed by atoms with Crippen LogP contribution in [-0.2, 0) is 23.9 Å². The zero-order chi connectivity index (χ0) is 43.6. The summed E-state index contributed by atoms with van der Waals surface area (Å²) in [6, 6.07) is 0.0174. The fourth-order valence-corrected chi connectivity index (χ4v) is 8.38. The van der Waals surface area contributed by atoms with Gasteiger partial charge in [-0.15, -0.1) is 0 Å². The van der Waals surface area contributed by atoms with Crippen LogP contribution < -0.4 is 22.2 Å². The average molecular weight is 835 g/mol. The van der Waals surface area contributed by atoms with Crippen molar-refractivity contribution in [1.82, 2.24) is 30.2 Å². The lowest BCUT2D eigenvalue weighted by molar-refractivity contribution is -0.139. The van der Waals surface area contributed by atoms with Gasteiger partial charge in [0, 0.05) is 82.5 Å². The van der Waals surface area contributed by atoms with Gasteiger partial charge in [0.2, 0.25) is 11.8 Å². The van der Waals surface area contributed by atoms with E-state index in [9.17, 15) is 19.2 Å². The van der Waals surface area contributed by atoms with Crippen molar-refractivity contribution in [3.8, 4) is 0 Å². The molecule has 60 heavy (non-hydrogen) atoms. The Morgan fingerprint density at radius 1 is 1.13 bits per heavy atom. The molecule has 0 aromatic heterocycles. The van der Waals surface area contributed by atoms with Crippen LogP contribution in [0.2, 0.25) is 0 Å². The fraction of sp³-hybridized carbons (Fsp3) is 0.689. The number of likely N-dealkylation sites (N-methyl/N-ethyl adjacent to an activating group) is 1. The number of hydrogen-bond donors (Lipinski definition) is 4. The molecule has 1 saturated heterocycles. The first kappa shape index (κ1) is 48.3. The second-order valence-electron chi connectivity index (χ2n) is 17.0. The van der Waals surface area contributed by atoms with Crippen LogP contribution in [0.25, 0.3) is 0 Å². The van der Waals surface area contributed by atoms with Gasteiger partial charge in [-0.05, 0) is 75.9 Å². The first-order valence-electron chi connectivity index (χ1n) is 22.3.